The van der Waals surface area contributed by atoms with E-state index in [0.717, 1.165) is 16.8 Å². The molecule has 0 saturated carbocycles. The Labute approximate surface area is 136 Å². The maximum Gasteiger partial charge on any atom is 0.191 e. The summed E-state index contributed by atoms with van der Waals surface area (Å²) < 4.78 is 0.898. The van der Waals surface area contributed by atoms with Gasteiger partial charge in [-0.3, -0.25) is 0 Å². The first-order chi connectivity index (χ1) is 10.2. The fourth-order valence-corrected chi connectivity index (χ4v) is 2.45. The minimum absolute atomic E-state index is 0.563. The number of anilines is 3. The molecule has 21 heavy (non-hydrogen) atoms. The van der Waals surface area contributed by atoms with Gasteiger partial charge in [-0.2, -0.15) is 5.26 Å². The molecule has 0 spiro atoms. The highest BCUT2D eigenvalue weighted by Gasteiger charge is 2.07. The van der Waals surface area contributed by atoms with Gasteiger partial charge in [0.2, 0.25) is 0 Å². The summed E-state index contributed by atoms with van der Waals surface area (Å²) in [6.45, 7) is 2.79. The predicted octanol–water partition coefficient (Wildman–Crippen LogP) is 4.01. The Morgan fingerprint density at radius 3 is 2.71 bits per heavy atom. The molecular weight excluding hydrogens is 350 g/mol. The van der Waals surface area contributed by atoms with Gasteiger partial charge in [0.15, 0.2) is 5.16 Å². The average molecular weight is 364 g/mol. The zero-order chi connectivity index (χ0) is 15.2. The second-order valence-corrected chi connectivity index (χ2v) is 5.77. The molecule has 0 aliphatic heterocycles. The normalized spacial score (nSPS) is 10.0. The molecule has 0 saturated heterocycles. The smallest absolute Gasteiger partial charge is 0.191 e. The monoisotopic (exact) mass is 363 g/mol. The van der Waals surface area contributed by atoms with E-state index in [1.807, 2.05) is 31.4 Å². The van der Waals surface area contributed by atoms with Crippen LogP contribution in [0.15, 0.2) is 33.9 Å². The van der Waals surface area contributed by atoms with Crippen molar-refractivity contribution < 1.29 is 0 Å². The van der Waals surface area contributed by atoms with Crippen LogP contribution in [0.4, 0.5) is 17.3 Å². The topological polar surface area (TPSA) is 73.6 Å². The van der Waals surface area contributed by atoms with E-state index in [-0.39, 0.29) is 0 Å². The molecule has 5 nitrogen and oxygen atoms in total. The maximum atomic E-state index is 9.17. The number of nitrogens with zero attached hydrogens (tertiary/aromatic N) is 3. The second-order valence-electron chi connectivity index (χ2n) is 4.08. The molecule has 1 heterocycles. The Morgan fingerprint density at radius 2 is 2.05 bits per heavy atom. The molecule has 0 unspecified atom stereocenters. The number of nitriles is 1. The van der Waals surface area contributed by atoms with E-state index in [9.17, 15) is 5.26 Å². The molecule has 0 aliphatic carbocycles. The number of nitrogens with one attached hydrogen (secondary N) is 2. The van der Waals surface area contributed by atoms with E-state index >= 15 is 0 Å². The van der Waals surface area contributed by atoms with Gasteiger partial charge in [-0.25, -0.2) is 9.97 Å². The van der Waals surface area contributed by atoms with E-state index in [2.05, 4.69) is 42.6 Å². The highest BCUT2D eigenvalue weighted by Crippen LogP contribution is 2.25. The van der Waals surface area contributed by atoms with Crippen molar-refractivity contribution in [2.75, 3.05) is 23.4 Å². The molecule has 0 fully saturated rings. The van der Waals surface area contributed by atoms with Crippen LogP contribution in [0, 0.1) is 11.3 Å². The van der Waals surface area contributed by atoms with Crippen molar-refractivity contribution in [3.8, 4) is 6.07 Å². The summed E-state index contributed by atoms with van der Waals surface area (Å²) in [7, 11) is 0. The summed E-state index contributed by atoms with van der Waals surface area (Å²) in [4.78, 5) is 8.78. The number of halogens is 1. The third-order valence-corrected chi connectivity index (χ3v) is 3.65. The molecule has 7 heteroatoms. The van der Waals surface area contributed by atoms with Crippen LogP contribution in [0.25, 0.3) is 0 Å². The minimum Gasteiger partial charge on any atom is -0.370 e. The van der Waals surface area contributed by atoms with Crippen molar-refractivity contribution in [2.45, 2.75) is 12.1 Å². The van der Waals surface area contributed by atoms with Gasteiger partial charge in [0.05, 0.1) is 11.3 Å². The summed E-state index contributed by atoms with van der Waals surface area (Å²) in [5, 5.41) is 16.2. The first-order valence-electron chi connectivity index (χ1n) is 6.30. The lowest BCUT2D eigenvalue weighted by Crippen LogP contribution is -2.04. The molecule has 0 aliphatic rings. The molecule has 2 rings (SSSR count). The van der Waals surface area contributed by atoms with Crippen molar-refractivity contribution in [3.05, 3.63) is 34.3 Å². The van der Waals surface area contributed by atoms with Gasteiger partial charge in [-0.1, -0.05) is 27.7 Å². The van der Waals surface area contributed by atoms with Crippen LogP contribution < -0.4 is 10.6 Å². The summed E-state index contributed by atoms with van der Waals surface area (Å²) in [6.07, 6.45) is 1.93. The molecular formula is C14H14BrN5S. The fourth-order valence-electron chi connectivity index (χ4n) is 1.71. The van der Waals surface area contributed by atoms with Gasteiger partial charge >= 0.3 is 0 Å². The Morgan fingerprint density at radius 1 is 1.29 bits per heavy atom. The van der Waals surface area contributed by atoms with Crippen LogP contribution in [0.1, 0.15) is 12.5 Å². The lowest BCUT2D eigenvalue weighted by Gasteiger charge is -2.11. The van der Waals surface area contributed by atoms with E-state index in [4.69, 9.17) is 0 Å². The molecule has 1 aromatic carbocycles. The lowest BCUT2D eigenvalue weighted by atomic mass is 10.2. The zero-order valence-electron chi connectivity index (χ0n) is 11.6. The summed E-state index contributed by atoms with van der Waals surface area (Å²) in [6, 6.07) is 9.43. The van der Waals surface area contributed by atoms with Crippen LogP contribution in [0.2, 0.25) is 0 Å². The molecule has 2 N–H and O–H groups in total. The molecule has 2 aromatic rings. The minimum atomic E-state index is 0.563. The lowest BCUT2D eigenvalue weighted by molar-refractivity contribution is 0.967. The molecule has 108 valence electrons. The third-order valence-electron chi connectivity index (χ3n) is 2.61. The number of rotatable bonds is 5. The standard InChI is InChI=1S/C14H14BrN5S/c1-3-17-12-7-13(20-14(19-12)21-2)18-11-6-10(15)5-4-9(11)8-16/h4-7H,3H2,1-2H3,(H2,17,18,19,20). The Hall–Kier alpha value is -1.78. The molecule has 1 aromatic heterocycles. The van der Waals surface area contributed by atoms with Crippen molar-refractivity contribution in [1.82, 2.24) is 9.97 Å². The number of benzene rings is 1. The summed E-state index contributed by atoms with van der Waals surface area (Å²) >= 11 is 4.88. The van der Waals surface area contributed by atoms with Crippen molar-refractivity contribution in [1.29, 1.82) is 5.26 Å². The molecule has 0 bridgehead atoms. The van der Waals surface area contributed by atoms with Crippen molar-refractivity contribution >= 4 is 45.0 Å². The van der Waals surface area contributed by atoms with Crippen LogP contribution in [-0.2, 0) is 0 Å². The van der Waals surface area contributed by atoms with Gasteiger partial charge in [-0.05, 0) is 31.4 Å². The average Bonchev–Trinajstić information content (AvgIpc) is 2.47. The summed E-state index contributed by atoms with van der Waals surface area (Å²) in [5.41, 5.74) is 1.27. The van der Waals surface area contributed by atoms with E-state index in [0.29, 0.717) is 22.2 Å². The van der Waals surface area contributed by atoms with Gasteiger partial charge in [0.25, 0.3) is 0 Å². The number of hydrogen-bond donors (Lipinski definition) is 2. The summed E-state index contributed by atoms with van der Waals surface area (Å²) in [5.74, 6) is 1.41. The first kappa shape index (κ1) is 15.6. The predicted molar refractivity (Wildman–Crippen MR) is 90.1 cm³/mol. The second kappa shape index (κ2) is 7.29. The van der Waals surface area contributed by atoms with Gasteiger partial charge < -0.3 is 10.6 Å². The Balaban J connectivity index is 2.37. The van der Waals surface area contributed by atoms with Crippen LogP contribution >= 0.6 is 27.7 Å². The highest BCUT2D eigenvalue weighted by atomic mass is 79.9. The highest BCUT2D eigenvalue weighted by molar-refractivity contribution is 9.10. The zero-order valence-corrected chi connectivity index (χ0v) is 14.0. The van der Waals surface area contributed by atoms with Crippen LogP contribution in [0.5, 0.6) is 0 Å². The van der Waals surface area contributed by atoms with Crippen LogP contribution in [0.3, 0.4) is 0 Å². The number of aromatic nitrogens is 2. The largest absolute Gasteiger partial charge is 0.370 e. The molecule has 0 radical (unpaired) electrons. The third kappa shape index (κ3) is 4.09. The molecule has 0 amide bonds. The molecule has 0 atom stereocenters. The fraction of sp³-hybridized carbons (Fsp3) is 0.214. The SMILES string of the molecule is CCNc1cc(Nc2cc(Br)ccc2C#N)nc(SC)n1. The quantitative estimate of drug-likeness (QED) is 0.617. The van der Waals surface area contributed by atoms with E-state index < -0.39 is 0 Å². The maximum absolute atomic E-state index is 9.17. The number of hydrogen-bond acceptors (Lipinski definition) is 6. The van der Waals surface area contributed by atoms with Gasteiger partial charge in [-0.15, -0.1) is 0 Å². The van der Waals surface area contributed by atoms with Crippen molar-refractivity contribution in [2.24, 2.45) is 0 Å². The van der Waals surface area contributed by atoms with E-state index in [1.165, 1.54) is 11.8 Å². The van der Waals surface area contributed by atoms with Gasteiger partial charge in [0.1, 0.15) is 17.7 Å². The Kier molecular flexibility index (Phi) is 5.42. The number of thioether (sulfide) groups is 1. The van der Waals surface area contributed by atoms with Crippen LogP contribution in [-0.4, -0.2) is 22.8 Å². The van der Waals surface area contributed by atoms with E-state index in [1.54, 1.807) is 6.07 Å². The van der Waals surface area contributed by atoms with Gasteiger partial charge in [0, 0.05) is 17.1 Å². The Bertz CT molecular complexity index is 684. The van der Waals surface area contributed by atoms with Crippen molar-refractivity contribution in [3.63, 3.8) is 0 Å². The first-order valence-corrected chi connectivity index (χ1v) is 8.31.